The van der Waals surface area contributed by atoms with Crippen molar-refractivity contribution in [3.63, 3.8) is 0 Å². The van der Waals surface area contributed by atoms with Gasteiger partial charge in [0.05, 0.1) is 17.1 Å². The molecule has 5 nitrogen and oxygen atoms in total. The molecule has 0 radical (unpaired) electrons. The van der Waals surface area contributed by atoms with Crippen LogP contribution in [0.2, 0.25) is 0 Å². The fraction of sp³-hybridized carbons (Fsp3) is 0.250. The van der Waals surface area contributed by atoms with Gasteiger partial charge in [-0.05, 0) is 37.6 Å². The molecule has 1 heterocycles. The van der Waals surface area contributed by atoms with E-state index in [9.17, 15) is 8.42 Å². The lowest BCUT2D eigenvalue weighted by molar-refractivity contribution is 0.523. The largest absolute Gasteiger partial charge is 0.448 e. The molecular weight excluding hydrogens is 332 g/mol. The lowest BCUT2D eigenvalue weighted by Crippen LogP contribution is -2.24. The number of nitrogens with zero attached hydrogens (tertiary/aromatic N) is 1. The number of nitrogens with one attached hydrogen (secondary N) is 1. The Kier molecular flexibility index (Phi) is 4.07. The van der Waals surface area contributed by atoms with E-state index in [1.807, 2.05) is 0 Å². The van der Waals surface area contributed by atoms with Crippen molar-refractivity contribution in [2.45, 2.75) is 25.3 Å². The van der Waals surface area contributed by atoms with E-state index in [0.29, 0.717) is 17.0 Å². The average molecular weight is 345 g/mol. The van der Waals surface area contributed by atoms with Crippen molar-refractivity contribution in [1.29, 1.82) is 0 Å². The lowest BCUT2D eigenvalue weighted by Gasteiger charge is -2.08. The van der Waals surface area contributed by atoms with Crippen LogP contribution in [0, 0.1) is 13.8 Å². The molecule has 0 saturated carbocycles. The zero-order chi connectivity index (χ0) is 14.0. The summed E-state index contributed by atoms with van der Waals surface area (Å²) >= 11 is 3.31. The molecule has 0 amide bonds. The molecule has 0 aliphatic heterocycles. The van der Waals surface area contributed by atoms with Crippen LogP contribution >= 0.6 is 15.9 Å². The zero-order valence-corrected chi connectivity index (χ0v) is 12.9. The van der Waals surface area contributed by atoms with E-state index in [1.54, 1.807) is 32.0 Å². The van der Waals surface area contributed by atoms with Gasteiger partial charge in [-0.15, -0.1) is 0 Å². The molecular formula is C12H13BrN2O3S. The molecule has 1 N–H and O–H groups in total. The first kappa shape index (κ1) is 14.2. The van der Waals surface area contributed by atoms with Crippen molar-refractivity contribution in [3.8, 4) is 0 Å². The van der Waals surface area contributed by atoms with E-state index in [1.165, 1.54) is 6.39 Å². The van der Waals surface area contributed by atoms with Gasteiger partial charge in [0.2, 0.25) is 10.0 Å². The van der Waals surface area contributed by atoms with Crippen LogP contribution in [-0.2, 0) is 16.6 Å². The van der Waals surface area contributed by atoms with Gasteiger partial charge >= 0.3 is 0 Å². The van der Waals surface area contributed by atoms with E-state index in [-0.39, 0.29) is 11.4 Å². The van der Waals surface area contributed by atoms with Crippen molar-refractivity contribution in [3.05, 3.63) is 46.1 Å². The Morgan fingerprint density at radius 2 is 2.11 bits per heavy atom. The normalized spacial score (nSPS) is 11.7. The van der Waals surface area contributed by atoms with Gasteiger partial charge in [-0.3, -0.25) is 0 Å². The van der Waals surface area contributed by atoms with Crippen LogP contribution < -0.4 is 4.72 Å². The second-order valence-electron chi connectivity index (χ2n) is 4.09. The van der Waals surface area contributed by atoms with Crippen LogP contribution in [0.3, 0.4) is 0 Å². The Morgan fingerprint density at radius 3 is 2.68 bits per heavy atom. The van der Waals surface area contributed by atoms with Crippen molar-refractivity contribution in [1.82, 2.24) is 9.71 Å². The molecule has 0 spiro atoms. The summed E-state index contributed by atoms with van der Waals surface area (Å²) in [5.74, 6) is 0.607. The number of benzene rings is 1. The minimum absolute atomic E-state index is 0.111. The number of oxazole rings is 1. The van der Waals surface area contributed by atoms with Gasteiger partial charge < -0.3 is 4.42 Å². The molecule has 19 heavy (non-hydrogen) atoms. The minimum atomic E-state index is -3.55. The van der Waals surface area contributed by atoms with E-state index in [2.05, 4.69) is 25.6 Å². The Bertz CT molecular complexity index is 695. The van der Waals surface area contributed by atoms with E-state index in [4.69, 9.17) is 4.42 Å². The molecule has 0 fully saturated rings. The molecule has 0 aliphatic carbocycles. The monoisotopic (exact) mass is 344 g/mol. The smallest absolute Gasteiger partial charge is 0.241 e. The molecule has 1 aromatic carbocycles. The number of rotatable bonds is 4. The van der Waals surface area contributed by atoms with Crippen LogP contribution in [-0.4, -0.2) is 13.4 Å². The zero-order valence-electron chi connectivity index (χ0n) is 10.5. The number of aromatic nitrogens is 1. The van der Waals surface area contributed by atoms with Gasteiger partial charge in [-0.2, -0.15) is 0 Å². The third-order valence-corrected chi connectivity index (χ3v) is 4.76. The quantitative estimate of drug-likeness (QED) is 0.924. The maximum atomic E-state index is 12.2. The summed E-state index contributed by atoms with van der Waals surface area (Å²) in [6.45, 7) is 3.60. The second kappa shape index (κ2) is 5.44. The van der Waals surface area contributed by atoms with Gasteiger partial charge in [0.15, 0.2) is 6.39 Å². The molecule has 0 atom stereocenters. The molecule has 0 unspecified atom stereocenters. The van der Waals surface area contributed by atoms with Crippen LogP contribution in [0.1, 0.15) is 17.0 Å². The fourth-order valence-electron chi connectivity index (χ4n) is 1.65. The highest BCUT2D eigenvalue weighted by Gasteiger charge is 2.17. The summed E-state index contributed by atoms with van der Waals surface area (Å²) < 4.78 is 32.8. The predicted molar refractivity (Wildman–Crippen MR) is 74.1 cm³/mol. The number of halogens is 1. The highest BCUT2D eigenvalue weighted by molar-refractivity contribution is 9.10. The van der Waals surface area contributed by atoms with Gasteiger partial charge in [-0.25, -0.2) is 18.1 Å². The summed E-state index contributed by atoms with van der Waals surface area (Å²) in [6, 6.07) is 5.02. The van der Waals surface area contributed by atoms with Gasteiger partial charge in [0, 0.05) is 4.47 Å². The summed E-state index contributed by atoms with van der Waals surface area (Å²) in [5, 5.41) is 0. The molecule has 1 aromatic heterocycles. The maximum Gasteiger partial charge on any atom is 0.241 e. The molecule has 7 heteroatoms. The van der Waals surface area contributed by atoms with Crippen molar-refractivity contribution < 1.29 is 12.8 Å². The van der Waals surface area contributed by atoms with Gasteiger partial charge in [-0.1, -0.05) is 15.9 Å². The summed E-state index contributed by atoms with van der Waals surface area (Å²) in [7, 11) is -3.55. The summed E-state index contributed by atoms with van der Waals surface area (Å²) in [4.78, 5) is 4.21. The Morgan fingerprint density at radius 1 is 1.37 bits per heavy atom. The standard InChI is InChI=1S/C12H13BrN2O3S/c1-8-5-10(13)3-4-12(8)19(16,17)15-6-11-9(2)18-7-14-11/h3-5,7,15H,6H2,1-2H3. The minimum Gasteiger partial charge on any atom is -0.448 e. The summed E-state index contributed by atoms with van der Waals surface area (Å²) in [5.41, 5.74) is 1.26. The van der Waals surface area contributed by atoms with Crippen LogP contribution in [0.25, 0.3) is 0 Å². The lowest BCUT2D eigenvalue weighted by atomic mass is 10.2. The van der Waals surface area contributed by atoms with Gasteiger partial charge in [0.25, 0.3) is 0 Å². The molecule has 2 aromatic rings. The first-order valence-electron chi connectivity index (χ1n) is 5.55. The molecule has 102 valence electrons. The SMILES string of the molecule is Cc1cc(Br)ccc1S(=O)(=O)NCc1ncoc1C. The highest BCUT2D eigenvalue weighted by atomic mass is 79.9. The summed E-state index contributed by atoms with van der Waals surface area (Å²) in [6.07, 6.45) is 1.30. The number of hydrogen-bond acceptors (Lipinski definition) is 4. The number of aryl methyl sites for hydroxylation is 2. The third kappa shape index (κ3) is 3.23. The molecule has 0 aliphatic rings. The van der Waals surface area contributed by atoms with Gasteiger partial charge in [0.1, 0.15) is 5.76 Å². The van der Waals surface area contributed by atoms with Crippen LogP contribution in [0.4, 0.5) is 0 Å². The molecule has 0 saturated heterocycles. The van der Waals surface area contributed by atoms with Crippen molar-refractivity contribution in [2.75, 3.05) is 0 Å². The first-order chi connectivity index (χ1) is 8.90. The maximum absolute atomic E-state index is 12.2. The van der Waals surface area contributed by atoms with E-state index in [0.717, 1.165) is 4.47 Å². The Hall–Kier alpha value is -1.18. The topological polar surface area (TPSA) is 72.2 Å². The molecule has 0 bridgehead atoms. The highest BCUT2D eigenvalue weighted by Crippen LogP contribution is 2.20. The fourth-order valence-corrected chi connectivity index (χ4v) is 3.34. The van der Waals surface area contributed by atoms with Crippen LogP contribution in [0.5, 0.6) is 0 Å². The van der Waals surface area contributed by atoms with Crippen LogP contribution in [0.15, 0.2) is 38.4 Å². The second-order valence-corrected chi connectivity index (χ2v) is 6.74. The Balaban J connectivity index is 2.21. The third-order valence-electron chi connectivity index (χ3n) is 2.70. The van der Waals surface area contributed by atoms with Crippen molar-refractivity contribution in [2.24, 2.45) is 0 Å². The van der Waals surface area contributed by atoms with E-state index >= 15 is 0 Å². The predicted octanol–water partition coefficient (Wildman–Crippen LogP) is 2.53. The number of hydrogen-bond donors (Lipinski definition) is 1. The Labute approximate surface area is 120 Å². The van der Waals surface area contributed by atoms with E-state index < -0.39 is 10.0 Å². The average Bonchev–Trinajstić information content (AvgIpc) is 2.72. The van der Waals surface area contributed by atoms with Crippen molar-refractivity contribution >= 4 is 26.0 Å². The first-order valence-corrected chi connectivity index (χ1v) is 7.82. The number of sulfonamides is 1. The molecule has 2 rings (SSSR count).